The molecule has 0 spiro atoms. The highest BCUT2D eigenvalue weighted by Crippen LogP contribution is 2.15. The molecule has 156 valence electrons. The Balaban J connectivity index is 5.32. The van der Waals surface area contributed by atoms with E-state index < -0.39 is 48.6 Å². The van der Waals surface area contributed by atoms with Gasteiger partial charge in [-0.25, -0.2) is 0 Å². The summed E-state index contributed by atoms with van der Waals surface area (Å²) in [6, 6.07) is -1.89. The fraction of sp³-hybridized carbons (Fsp3) is 0.778. The normalized spacial score (nSPS) is 17.6. The van der Waals surface area contributed by atoms with Gasteiger partial charge in [0.2, 0.25) is 0 Å². The molecule has 0 heterocycles. The van der Waals surface area contributed by atoms with Gasteiger partial charge in [0.05, 0.1) is 13.5 Å². The van der Waals surface area contributed by atoms with Crippen LogP contribution in [0.5, 0.6) is 0 Å². The number of carbonyl (C=O) groups is 4. The first-order valence-corrected chi connectivity index (χ1v) is 9.06. The van der Waals surface area contributed by atoms with Gasteiger partial charge in [0.1, 0.15) is 12.1 Å². The van der Waals surface area contributed by atoms with Gasteiger partial charge in [-0.05, 0) is 11.8 Å². The molecule has 0 radical (unpaired) electrons. The maximum Gasteiger partial charge on any atom is 0.324 e. The second-order valence-electron chi connectivity index (χ2n) is 6.62. The monoisotopic (exact) mass is 388 g/mol. The van der Waals surface area contributed by atoms with Gasteiger partial charge in [-0.2, -0.15) is 0 Å². The average molecular weight is 388 g/mol. The van der Waals surface area contributed by atoms with E-state index in [2.05, 4.69) is 4.74 Å². The van der Waals surface area contributed by atoms with E-state index in [0.717, 1.165) is 7.11 Å². The fourth-order valence-electron chi connectivity index (χ4n) is 2.08. The lowest BCUT2D eigenvalue weighted by molar-refractivity contribution is -0.174. The largest absolute Gasteiger partial charge is 0.469 e. The molecule has 0 aliphatic heterocycles. The van der Waals surface area contributed by atoms with Crippen molar-refractivity contribution < 1.29 is 33.4 Å². The molecule has 0 saturated heterocycles. The molecule has 0 aliphatic carbocycles. The predicted octanol–water partition coefficient (Wildman–Crippen LogP) is 0.319. The Hall–Kier alpha value is -2.00. The van der Waals surface area contributed by atoms with Gasteiger partial charge in [-0.15, -0.1) is 0 Å². The van der Waals surface area contributed by atoms with Crippen molar-refractivity contribution in [1.82, 2.24) is 0 Å². The lowest BCUT2D eigenvalue weighted by Crippen LogP contribution is -2.47. The summed E-state index contributed by atoms with van der Waals surface area (Å²) in [6.45, 7) is 7.24. The van der Waals surface area contributed by atoms with Crippen molar-refractivity contribution in [3.05, 3.63) is 0 Å². The Morgan fingerprint density at radius 3 is 1.74 bits per heavy atom. The van der Waals surface area contributed by atoms with Gasteiger partial charge in [-0.1, -0.05) is 40.5 Å². The lowest BCUT2D eigenvalue weighted by Gasteiger charge is -2.26. The van der Waals surface area contributed by atoms with Crippen LogP contribution in [0.1, 0.15) is 47.0 Å². The minimum atomic E-state index is -1.50. The van der Waals surface area contributed by atoms with E-state index in [1.165, 1.54) is 0 Å². The number of ether oxygens (including phenoxy) is 3. The highest BCUT2D eigenvalue weighted by molar-refractivity contribution is 5.80. The van der Waals surface area contributed by atoms with E-state index in [0.29, 0.717) is 12.8 Å². The molecule has 0 bridgehead atoms. The minimum Gasteiger partial charge on any atom is -0.469 e. The van der Waals surface area contributed by atoms with Crippen molar-refractivity contribution in [1.29, 1.82) is 0 Å². The predicted molar refractivity (Wildman–Crippen MR) is 97.3 cm³/mol. The highest BCUT2D eigenvalue weighted by atomic mass is 16.6. The molecule has 0 aromatic rings. The number of nitrogens with two attached hydrogens (primary N) is 2. The standard InChI is InChI=1S/C18H32N2O7/c1-6-10(3)15(19)17(23)26-12(8-14(22)25-5)13(9-21)27-18(24)16(20)11(4)7-2/h9-13,15-16H,6-8,19-20H2,1-5H3/t10-,11-,12?,13?,15-,16-/m0/s1. The van der Waals surface area contributed by atoms with Crippen LogP contribution >= 0.6 is 0 Å². The molecule has 6 atom stereocenters. The van der Waals surface area contributed by atoms with Crippen molar-refractivity contribution in [2.75, 3.05) is 7.11 Å². The average Bonchev–Trinajstić information content (AvgIpc) is 2.68. The molecule has 0 fully saturated rings. The molecule has 9 heteroatoms. The topological polar surface area (TPSA) is 148 Å². The zero-order valence-electron chi connectivity index (χ0n) is 16.7. The summed E-state index contributed by atoms with van der Waals surface area (Å²) in [5, 5.41) is 0. The maximum absolute atomic E-state index is 12.2. The lowest BCUT2D eigenvalue weighted by atomic mass is 10.00. The quantitative estimate of drug-likeness (QED) is 0.274. The van der Waals surface area contributed by atoms with Crippen molar-refractivity contribution in [2.45, 2.75) is 71.2 Å². The Morgan fingerprint density at radius 1 is 0.926 bits per heavy atom. The molecular weight excluding hydrogens is 356 g/mol. The second-order valence-corrected chi connectivity index (χ2v) is 6.62. The van der Waals surface area contributed by atoms with Crippen molar-refractivity contribution in [2.24, 2.45) is 23.3 Å². The number of hydrogen-bond acceptors (Lipinski definition) is 9. The first-order chi connectivity index (χ1) is 12.6. The van der Waals surface area contributed by atoms with Crippen LogP contribution in [0.3, 0.4) is 0 Å². The Kier molecular flexibility index (Phi) is 11.5. The van der Waals surface area contributed by atoms with Crippen LogP contribution in [0.4, 0.5) is 0 Å². The first-order valence-electron chi connectivity index (χ1n) is 9.06. The molecule has 0 aromatic heterocycles. The summed E-state index contributed by atoms with van der Waals surface area (Å²) in [4.78, 5) is 47.5. The molecule has 9 nitrogen and oxygen atoms in total. The number of methoxy groups -OCH3 is 1. The van der Waals surface area contributed by atoms with Crippen LogP contribution in [0.25, 0.3) is 0 Å². The van der Waals surface area contributed by atoms with Crippen LogP contribution in [0, 0.1) is 11.8 Å². The molecule has 0 aromatic carbocycles. The van der Waals surface area contributed by atoms with E-state index in [1.807, 2.05) is 13.8 Å². The summed E-state index contributed by atoms with van der Waals surface area (Å²) >= 11 is 0. The van der Waals surface area contributed by atoms with Gasteiger partial charge in [0.15, 0.2) is 18.5 Å². The Bertz CT molecular complexity index is 512. The third-order valence-corrected chi connectivity index (χ3v) is 4.67. The van der Waals surface area contributed by atoms with Crippen molar-refractivity contribution >= 4 is 24.2 Å². The van der Waals surface area contributed by atoms with Gasteiger partial charge in [0, 0.05) is 0 Å². The first kappa shape index (κ1) is 25.0. The van der Waals surface area contributed by atoms with Crippen LogP contribution < -0.4 is 11.5 Å². The van der Waals surface area contributed by atoms with Crippen LogP contribution in [-0.4, -0.2) is 55.6 Å². The van der Waals surface area contributed by atoms with E-state index in [1.54, 1.807) is 13.8 Å². The molecule has 0 rings (SSSR count). The second kappa shape index (κ2) is 12.4. The molecule has 0 aliphatic rings. The van der Waals surface area contributed by atoms with E-state index >= 15 is 0 Å². The summed E-state index contributed by atoms with van der Waals surface area (Å²) in [5.41, 5.74) is 11.6. The van der Waals surface area contributed by atoms with Crippen LogP contribution in [0.15, 0.2) is 0 Å². The summed E-state index contributed by atoms with van der Waals surface area (Å²) in [7, 11) is 1.15. The van der Waals surface area contributed by atoms with Crippen molar-refractivity contribution in [3.63, 3.8) is 0 Å². The fourth-order valence-corrected chi connectivity index (χ4v) is 2.08. The zero-order valence-corrected chi connectivity index (χ0v) is 16.7. The Labute approximate surface area is 160 Å². The summed E-state index contributed by atoms with van der Waals surface area (Å²) in [6.07, 6.45) is -1.77. The van der Waals surface area contributed by atoms with E-state index in [9.17, 15) is 19.2 Å². The third-order valence-electron chi connectivity index (χ3n) is 4.67. The third kappa shape index (κ3) is 8.04. The number of hydrogen-bond donors (Lipinski definition) is 2. The molecule has 2 unspecified atom stereocenters. The highest BCUT2D eigenvalue weighted by Gasteiger charge is 2.35. The SMILES string of the molecule is CC[C@H](C)[C@H](N)C(=O)OC(C=O)C(CC(=O)OC)OC(=O)[C@@H](N)[C@@H](C)CC. The van der Waals surface area contributed by atoms with Gasteiger partial charge < -0.3 is 25.7 Å². The maximum atomic E-state index is 12.2. The molecular formula is C18H32N2O7. The Morgan fingerprint density at radius 2 is 1.37 bits per heavy atom. The number of carbonyl (C=O) groups excluding carboxylic acids is 4. The molecule has 27 heavy (non-hydrogen) atoms. The zero-order chi connectivity index (χ0) is 21.1. The van der Waals surface area contributed by atoms with E-state index in [4.69, 9.17) is 20.9 Å². The van der Waals surface area contributed by atoms with Crippen LogP contribution in [-0.2, 0) is 33.4 Å². The van der Waals surface area contributed by atoms with Crippen molar-refractivity contribution in [3.8, 4) is 0 Å². The number of esters is 3. The van der Waals surface area contributed by atoms with E-state index in [-0.39, 0.29) is 18.1 Å². The number of rotatable bonds is 12. The van der Waals surface area contributed by atoms with Gasteiger partial charge >= 0.3 is 17.9 Å². The minimum absolute atomic E-state index is 0.174. The van der Waals surface area contributed by atoms with Crippen LogP contribution in [0.2, 0.25) is 0 Å². The summed E-state index contributed by atoms with van der Waals surface area (Å²) < 4.78 is 14.9. The van der Waals surface area contributed by atoms with Gasteiger partial charge in [-0.3, -0.25) is 19.2 Å². The number of aldehydes is 1. The molecule has 4 N–H and O–H groups in total. The van der Waals surface area contributed by atoms with Gasteiger partial charge in [0.25, 0.3) is 0 Å². The summed E-state index contributed by atoms with van der Waals surface area (Å²) in [5.74, 6) is -2.71. The smallest absolute Gasteiger partial charge is 0.324 e. The molecule has 0 saturated carbocycles. The molecule has 0 amide bonds.